The molecule has 0 aromatic carbocycles. The summed E-state index contributed by atoms with van der Waals surface area (Å²) in [6.07, 6.45) is -2.29. The number of halogens is 2. The fraction of sp³-hybridized carbons (Fsp3) is 0.667. The lowest BCUT2D eigenvalue weighted by molar-refractivity contribution is 0.633. The molecule has 0 spiro atoms. The van der Waals surface area contributed by atoms with Crippen molar-refractivity contribution >= 4 is 28.7 Å². The topological polar surface area (TPSA) is 44.0 Å². The average Bonchev–Trinajstić information content (AvgIpc) is 1.59. The van der Waals surface area contributed by atoms with Crippen LogP contribution in [0.1, 0.15) is 6.42 Å². The van der Waals surface area contributed by atoms with E-state index in [9.17, 15) is 0 Å². The minimum atomic E-state index is -2.71. The van der Waals surface area contributed by atoms with E-state index < -0.39 is 6.19 Å². The lowest BCUT2D eigenvalue weighted by Crippen LogP contribution is -1.80. The number of rotatable bonds is 2. The minimum Gasteiger partial charge on any atom is -0.215 e. The summed E-state index contributed by atoms with van der Waals surface area (Å²) in [5, 5.41) is 7.97. The van der Waals surface area contributed by atoms with Crippen LogP contribution in [0.4, 0.5) is 0 Å². The second-order valence-electron chi connectivity index (χ2n) is 1.23. The summed E-state index contributed by atoms with van der Waals surface area (Å²) in [5.74, 6) is 0. The Kier molecular flexibility index (Phi) is 3.68. The van der Waals surface area contributed by atoms with E-state index in [0.717, 1.165) is 0 Å². The third-order valence-corrected chi connectivity index (χ3v) is 2.27. The van der Waals surface area contributed by atoms with Crippen LogP contribution in [0.15, 0.2) is 0 Å². The second kappa shape index (κ2) is 3.48. The quantitative estimate of drug-likeness (QED) is 0.650. The lowest BCUT2D eigenvalue weighted by Gasteiger charge is -1.93. The summed E-state index contributed by atoms with van der Waals surface area (Å²) in [6.45, 7) is 0. The van der Waals surface area contributed by atoms with E-state index in [-0.39, 0.29) is 12.6 Å². The van der Waals surface area contributed by atoms with Gasteiger partial charge in [0.15, 0.2) is 0 Å². The van der Waals surface area contributed by atoms with E-state index in [1.165, 1.54) is 0 Å². The van der Waals surface area contributed by atoms with E-state index in [4.69, 9.17) is 32.6 Å². The summed E-state index contributed by atoms with van der Waals surface area (Å²) in [5.41, 5.74) is 0. The predicted octanol–water partition coefficient (Wildman–Crippen LogP) is 2.13. The maximum absolute atomic E-state index is 8.64. The van der Waals surface area contributed by atoms with Gasteiger partial charge < -0.3 is 0 Å². The van der Waals surface area contributed by atoms with E-state index in [1.807, 2.05) is 6.07 Å². The summed E-state index contributed by atoms with van der Waals surface area (Å²) >= 11 is 10.4. The molecule has 0 heterocycles. The largest absolute Gasteiger partial charge is 0.336 e. The smallest absolute Gasteiger partial charge is 0.215 e. The van der Waals surface area contributed by atoms with Crippen LogP contribution in [-0.4, -0.2) is 11.1 Å². The number of hydrogen-bond donors (Lipinski definition) is 1. The highest BCUT2D eigenvalue weighted by molar-refractivity contribution is 8.13. The molecule has 0 aromatic rings. The number of hydrogen-bond acceptors (Lipinski definition) is 2. The van der Waals surface area contributed by atoms with Crippen LogP contribution >= 0.6 is 28.7 Å². The normalized spacial score (nSPS) is 10.8. The second-order valence-corrected chi connectivity index (χ2v) is 6.74. The zero-order chi connectivity index (χ0) is 6.62. The Hall–Kier alpha value is 0.460. The molecular weight excluding hydrogens is 168 g/mol. The Bertz CT molecular complexity index is 105. The van der Waals surface area contributed by atoms with Crippen molar-refractivity contribution < 1.29 is 4.89 Å². The molecule has 1 N–H and O–H groups in total. The van der Waals surface area contributed by atoms with Crippen LogP contribution in [-0.2, 0) is 0 Å². The molecule has 0 saturated heterocycles. The molecule has 0 fully saturated rings. The molecule has 0 aliphatic heterocycles. The molecule has 8 heavy (non-hydrogen) atoms. The molecule has 0 rings (SSSR count). The first-order valence-corrected chi connectivity index (χ1v) is 5.67. The Morgan fingerprint density at radius 1 is 1.62 bits per heavy atom. The van der Waals surface area contributed by atoms with Crippen molar-refractivity contribution in [3.8, 4) is 6.07 Å². The van der Waals surface area contributed by atoms with E-state index >= 15 is 0 Å². The van der Waals surface area contributed by atoms with Crippen molar-refractivity contribution in [1.29, 1.82) is 5.26 Å². The third kappa shape index (κ3) is 6.46. The maximum Gasteiger partial charge on any atom is 0.336 e. The highest BCUT2D eigenvalue weighted by atomic mass is 35.9. The molecule has 0 aromatic heterocycles. The summed E-state index contributed by atoms with van der Waals surface area (Å²) in [4.78, 5) is 8.64. The van der Waals surface area contributed by atoms with Crippen LogP contribution in [0.25, 0.3) is 0 Å². The molecule has 46 valence electrons. The van der Waals surface area contributed by atoms with Crippen molar-refractivity contribution in [3.05, 3.63) is 0 Å². The van der Waals surface area contributed by atoms with Crippen molar-refractivity contribution in [2.75, 3.05) is 6.16 Å². The summed E-state index contributed by atoms with van der Waals surface area (Å²) in [7, 11) is 0. The van der Waals surface area contributed by atoms with Crippen molar-refractivity contribution in [3.63, 3.8) is 0 Å². The van der Waals surface area contributed by atoms with Gasteiger partial charge in [-0.1, -0.05) is 0 Å². The van der Waals surface area contributed by atoms with Gasteiger partial charge in [-0.2, -0.15) is 5.26 Å². The molecule has 0 amide bonds. The molecule has 0 saturated carbocycles. The molecule has 2 nitrogen and oxygen atoms in total. The van der Waals surface area contributed by atoms with Crippen LogP contribution in [0.2, 0.25) is 0 Å². The first-order chi connectivity index (χ1) is 3.56. The van der Waals surface area contributed by atoms with Gasteiger partial charge in [0, 0.05) is 0 Å². The maximum atomic E-state index is 8.64. The van der Waals surface area contributed by atoms with Crippen LogP contribution < -0.4 is 0 Å². The van der Waals surface area contributed by atoms with E-state index in [2.05, 4.69) is 0 Å². The van der Waals surface area contributed by atoms with Gasteiger partial charge >= 0.3 is 6.19 Å². The van der Waals surface area contributed by atoms with Crippen LogP contribution in [0.5, 0.6) is 0 Å². The highest BCUT2D eigenvalue weighted by Crippen LogP contribution is 2.65. The lowest BCUT2D eigenvalue weighted by atomic mass is 10.6. The van der Waals surface area contributed by atoms with Gasteiger partial charge in [0.1, 0.15) is 28.6 Å². The third-order valence-electron chi connectivity index (χ3n) is 0.493. The van der Waals surface area contributed by atoms with Gasteiger partial charge in [-0.3, -0.25) is 0 Å². The van der Waals surface area contributed by atoms with Crippen LogP contribution in [0, 0.1) is 11.3 Å². The van der Waals surface area contributed by atoms with Crippen molar-refractivity contribution in [2.45, 2.75) is 6.42 Å². The Labute approximate surface area is 58.0 Å². The van der Waals surface area contributed by atoms with Crippen molar-refractivity contribution in [1.82, 2.24) is 0 Å². The molecule has 0 aliphatic rings. The Morgan fingerprint density at radius 3 is 2.25 bits per heavy atom. The first-order valence-electron chi connectivity index (χ1n) is 1.93. The predicted molar refractivity (Wildman–Crippen MR) is 35.9 cm³/mol. The monoisotopic (exact) mass is 172 g/mol. The van der Waals surface area contributed by atoms with Crippen molar-refractivity contribution in [2.24, 2.45) is 0 Å². The van der Waals surface area contributed by atoms with Gasteiger partial charge in [-0.25, -0.2) is 4.89 Å². The van der Waals surface area contributed by atoms with E-state index in [1.54, 1.807) is 0 Å². The van der Waals surface area contributed by atoms with Gasteiger partial charge in [0.25, 0.3) is 0 Å². The average molecular weight is 173 g/mol. The number of nitriles is 1. The summed E-state index contributed by atoms with van der Waals surface area (Å²) < 4.78 is 0. The molecule has 0 aliphatic carbocycles. The number of nitrogens with zero attached hydrogens (tertiary/aromatic N) is 1. The molecule has 0 unspecified atom stereocenters. The van der Waals surface area contributed by atoms with Gasteiger partial charge in [0.2, 0.25) is 0 Å². The highest BCUT2D eigenvalue weighted by Gasteiger charge is 2.30. The molecule has 5 heteroatoms. The molecular formula is C3H5Cl2NOP+. The standard InChI is InChI=1S/C3H5Cl2NOP/c4-8(5,7)3-1-2-6/h7H,1,3H2/q+1. The Balaban J connectivity index is 3.28. The van der Waals surface area contributed by atoms with Crippen LogP contribution in [0.3, 0.4) is 0 Å². The SMILES string of the molecule is N#CCC[P+](O)(Cl)Cl. The minimum absolute atomic E-state index is 0.201. The molecule has 0 radical (unpaired) electrons. The molecule has 0 atom stereocenters. The zero-order valence-corrected chi connectivity index (χ0v) is 6.42. The summed E-state index contributed by atoms with van der Waals surface area (Å²) in [6, 6.07) is 1.82. The zero-order valence-electron chi connectivity index (χ0n) is 4.01. The van der Waals surface area contributed by atoms with Gasteiger partial charge in [0.05, 0.1) is 12.5 Å². The molecule has 0 bridgehead atoms. The Morgan fingerprint density at radius 2 is 2.12 bits per heavy atom. The van der Waals surface area contributed by atoms with Gasteiger partial charge in [-0.15, -0.1) is 0 Å². The fourth-order valence-electron chi connectivity index (χ4n) is 0.185. The first kappa shape index (κ1) is 8.46. The van der Waals surface area contributed by atoms with Gasteiger partial charge in [-0.05, 0) is 0 Å². The fourth-order valence-corrected chi connectivity index (χ4v) is 1.06. The van der Waals surface area contributed by atoms with E-state index in [0.29, 0.717) is 0 Å².